The molecule has 0 aromatic heterocycles. The molecule has 0 bridgehead atoms. The van der Waals surface area contributed by atoms with Crippen LogP contribution in [0.3, 0.4) is 0 Å². The molecular weight excluding hydrogens is 446 g/mol. The molecule has 10 heteroatoms. The van der Waals surface area contributed by atoms with Gasteiger partial charge >= 0.3 is 0 Å². The Labute approximate surface area is 193 Å². The molecule has 2 aromatic carbocycles. The number of methoxy groups -OCH3 is 1. The van der Waals surface area contributed by atoms with E-state index in [0.717, 1.165) is 12.8 Å². The fourth-order valence-electron chi connectivity index (χ4n) is 3.95. The molecule has 33 heavy (non-hydrogen) atoms. The Hall–Kier alpha value is -2.95. The van der Waals surface area contributed by atoms with Crippen LogP contribution in [0.5, 0.6) is 5.75 Å². The Morgan fingerprint density at radius 3 is 2.52 bits per heavy atom. The van der Waals surface area contributed by atoms with Crippen molar-refractivity contribution in [3.05, 3.63) is 48.5 Å². The summed E-state index contributed by atoms with van der Waals surface area (Å²) >= 11 is 0. The molecule has 0 saturated carbocycles. The van der Waals surface area contributed by atoms with Gasteiger partial charge in [0, 0.05) is 37.5 Å². The van der Waals surface area contributed by atoms with Gasteiger partial charge in [-0.15, -0.1) is 0 Å². The van der Waals surface area contributed by atoms with E-state index in [2.05, 4.69) is 10.0 Å². The minimum absolute atomic E-state index is 0.0926. The van der Waals surface area contributed by atoms with E-state index in [0.29, 0.717) is 23.7 Å². The van der Waals surface area contributed by atoms with E-state index < -0.39 is 15.9 Å². The van der Waals surface area contributed by atoms with Crippen LogP contribution in [0.2, 0.25) is 0 Å². The Kier molecular flexibility index (Phi) is 6.96. The highest BCUT2D eigenvalue weighted by Gasteiger charge is 2.35. The molecule has 2 saturated heterocycles. The average Bonchev–Trinajstić information content (AvgIpc) is 3.48. The van der Waals surface area contributed by atoms with Gasteiger partial charge in [0.25, 0.3) is 0 Å². The first-order valence-electron chi connectivity index (χ1n) is 10.8. The lowest BCUT2D eigenvalue weighted by atomic mass is 10.1. The number of benzene rings is 2. The molecule has 0 aliphatic carbocycles. The molecule has 176 valence electrons. The second kappa shape index (κ2) is 9.90. The van der Waals surface area contributed by atoms with E-state index >= 15 is 0 Å². The molecule has 2 aliphatic rings. The molecule has 2 heterocycles. The van der Waals surface area contributed by atoms with E-state index in [1.165, 1.54) is 24.3 Å². The molecule has 0 radical (unpaired) electrons. The van der Waals surface area contributed by atoms with Crippen molar-refractivity contribution in [3.8, 4) is 5.75 Å². The van der Waals surface area contributed by atoms with Gasteiger partial charge in [0.1, 0.15) is 5.75 Å². The van der Waals surface area contributed by atoms with Crippen LogP contribution in [0, 0.1) is 5.92 Å². The molecule has 4 rings (SSSR count). The van der Waals surface area contributed by atoms with Gasteiger partial charge < -0.3 is 19.7 Å². The summed E-state index contributed by atoms with van der Waals surface area (Å²) in [4.78, 5) is 26.8. The van der Waals surface area contributed by atoms with Gasteiger partial charge in [0.05, 0.1) is 24.0 Å². The molecular formula is C23H27N3O6S. The number of nitrogens with zero attached hydrogens (tertiary/aromatic N) is 1. The quantitative estimate of drug-likeness (QED) is 0.607. The number of carbonyl (C=O) groups is 2. The first-order valence-corrected chi connectivity index (χ1v) is 12.3. The minimum atomic E-state index is -3.66. The van der Waals surface area contributed by atoms with E-state index in [9.17, 15) is 18.0 Å². The zero-order valence-electron chi connectivity index (χ0n) is 18.3. The lowest BCUT2D eigenvalue weighted by Crippen LogP contribution is -2.31. The number of anilines is 2. The van der Waals surface area contributed by atoms with Gasteiger partial charge in [-0.1, -0.05) is 0 Å². The lowest BCUT2D eigenvalue weighted by Gasteiger charge is -2.17. The summed E-state index contributed by atoms with van der Waals surface area (Å²) in [6.07, 6.45) is 1.79. The highest BCUT2D eigenvalue weighted by atomic mass is 32.2. The summed E-state index contributed by atoms with van der Waals surface area (Å²) < 4.78 is 38.1. The molecule has 2 aliphatic heterocycles. The third-order valence-corrected chi connectivity index (χ3v) is 7.28. The maximum atomic E-state index is 12.7. The summed E-state index contributed by atoms with van der Waals surface area (Å²) in [7, 11) is -2.09. The van der Waals surface area contributed by atoms with Crippen LogP contribution in [-0.2, 0) is 24.3 Å². The Morgan fingerprint density at radius 2 is 1.88 bits per heavy atom. The van der Waals surface area contributed by atoms with E-state index in [-0.39, 0.29) is 42.3 Å². The number of hydrogen-bond donors (Lipinski definition) is 2. The third kappa shape index (κ3) is 5.52. The topological polar surface area (TPSA) is 114 Å². The van der Waals surface area contributed by atoms with Gasteiger partial charge in [0.2, 0.25) is 21.8 Å². The van der Waals surface area contributed by atoms with Crippen LogP contribution >= 0.6 is 0 Å². The molecule has 2 atom stereocenters. The number of hydrogen-bond acceptors (Lipinski definition) is 6. The van der Waals surface area contributed by atoms with Crippen LogP contribution in [0.25, 0.3) is 0 Å². The van der Waals surface area contributed by atoms with Crippen molar-refractivity contribution in [1.29, 1.82) is 0 Å². The SMILES string of the molecule is COc1ccc(N2CC(C(=O)Nc3ccc(S(=O)(=O)NCC4CCCO4)cc3)CC2=O)cc1. The van der Waals surface area contributed by atoms with Crippen LogP contribution < -0.4 is 19.7 Å². The number of ether oxygens (including phenoxy) is 2. The van der Waals surface area contributed by atoms with E-state index in [4.69, 9.17) is 9.47 Å². The second-order valence-electron chi connectivity index (χ2n) is 8.10. The molecule has 2 fully saturated rings. The predicted octanol–water partition coefficient (Wildman–Crippen LogP) is 2.14. The van der Waals surface area contributed by atoms with Gasteiger partial charge in [-0.3, -0.25) is 9.59 Å². The van der Waals surface area contributed by atoms with Gasteiger partial charge in [0.15, 0.2) is 0 Å². The Balaban J connectivity index is 1.34. The van der Waals surface area contributed by atoms with Gasteiger partial charge in [-0.2, -0.15) is 0 Å². The summed E-state index contributed by atoms with van der Waals surface area (Å²) in [5.41, 5.74) is 1.18. The first-order chi connectivity index (χ1) is 15.9. The number of amides is 2. The van der Waals surface area contributed by atoms with Crippen molar-refractivity contribution in [2.45, 2.75) is 30.3 Å². The third-order valence-electron chi connectivity index (χ3n) is 5.84. The fraction of sp³-hybridized carbons (Fsp3) is 0.391. The van der Waals surface area contributed by atoms with Crippen LogP contribution in [-0.4, -0.2) is 53.1 Å². The summed E-state index contributed by atoms with van der Waals surface area (Å²) in [5, 5.41) is 2.78. The molecule has 2 unspecified atom stereocenters. The molecule has 9 nitrogen and oxygen atoms in total. The molecule has 2 amide bonds. The fourth-order valence-corrected chi connectivity index (χ4v) is 5.01. The maximum absolute atomic E-state index is 12.7. The Bertz CT molecular complexity index is 1100. The summed E-state index contributed by atoms with van der Waals surface area (Å²) in [5.74, 6) is -0.228. The highest BCUT2D eigenvalue weighted by Crippen LogP contribution is 2.27. The number of sulfonamides is 1. The lowest BCUT2D eigenvalue weighted by molar-refractivity contribution is -0.122. The first kappa shape index (κ1) is 23.2. The highest BCUT2D eigenvalue weighted by molar-refractivity contribution is 7.89. The van der Waals surface area contributed by atoms with Crippen LogP contribution in [0.1, 0.15) is 19.3 Å². The Morgan fingerprint density at radius 1 is 1.15 bits per heavy atom. The normalized spacial score (nSPS) is 20.8. The second-order valence-corrected chi connectivity index (χ2v) is 9.87. The molecule has 0 spiro atoms. The standard InChI is InChI=1S/C23H27N3O6S/c1-31-19-8-6-18(7-9-19)26-15-16(13-22(26)27)23(28)25-17-4-10-21(11-5-17)33(29,30)24-14-20-3-2-12-32-20/h4-11,16,20,24H,2-3,12-15H2,1H3,(H,25,28). The summed E-state index contributed by atoms with van der Waals surface area (Å²) in [6, 6.07) is 13.1. The molecule has 2 N–H and O–H groups in total. The minimum Gasteiger partial charge on any atom is -0.497 e. The number of nitrogens with one attached hydrogen (secondary N) is 2. The smallest absolute Gasteiger partial charge is 0.240 e. The van der Waals surface area contributed by atoms with Crippen molar-refractivity contribution in [2.24, 2.45) is 5.92 Å². The molecule has 2 aromatic rings. The summed E-state index contributed by atoms with van der Waals surface area (Å²) in [6.45, 7) is 1.17. The average molecular weight is 474 g/mol. The zero-order valence-corrected chi connectivity index (χ0v) is 19.1. The largest absolute Gasteiger partial charge is 0.497 e. The number of rotatable bonds is 8. The number of carbonyl (C=O) groups excluding carboxylic acids is 2. The van der Waals surface area contributed by atoms with E-state index in [1.54, 1.807) is 36.3 Å². The van der Waals surface area contributed by atoms with Crippen LogP contribution in [0.4, 0.5) is 11.4 Å². The van der Waals surface area contributed by atoms with Gasteiger partial charge in [-0.05, 0) is 61.4 Å². The van der Waals surface area contributed by atoms with Crippen LogP contribution in [0.15, 0.2) is 53.4 Å². The van der Waals surface area contributed by atoms with Gasteiger partial charge in [-0.25, -0.2) is 13.1 Å². The van der Waals surface area contributed by atoms with Crippen molar-refractivity contribution in [3.63, 3.8) is 0 Å². The van der Waals surface area contributed by atoms with E-state index in [1.807, 2.05) is 0 Å². The maximum Gasteiger partial charge on any atom is 0.240 e. The zero-order chi connectivity index (χ0) is 23.4. The predicted molar refractivity (Wildman–Crippen MR) is 123 cm³/mol. The monoisotopic (exact) mass is 473 g/mol. The van der Waals surface area contributed by atoms with Crippen molar-refractivity contribution >= 4 is 33.2 Å². The van der Waals surface area contributed by atoms with Crippen molar-refractivity contribution < 1.29 is 27.5 Å². The van der Waals surface area contributed by atoms with Crippen molar-refractivity contribution in [2.75, 3.05) is 37.0 Å². The van der Waals surface area contributed by atoms with Crippen molar-refractivity contribution in [1.82, 2.24) is 4.72 Å².